The van der Waals surface area contributed by atoms with Gasteiger partial charge >= 0.3 is 5.97 Å². The number of amides is 2. The Morgan fingerprint density at radius 3 is 2.31 bits per heavy atom. The SMILES string of the molecule is CCC(CC)NC(=O)COC(=O)[C@@H](C)SCC(=O)Nc1ccc(F)cc1. The summed E-state index contributed by atoms with van der Waals surface area (Å²) in [5, 5.41) is 4.80. The average Bonchev–Trinajstić information content (AvgIpc) is 2.63. The molecule has 26 heavy (non-hydrogen) atoms. The fourth-order valence-corrected chi connectivity index (χ4v) is 2.69. The van der Waals surface area contributed by atoms with Crippen LogP contribution in [0, 0.1) is 5.82 Å². The van der Waals surface area contributed by atoms with Gasteiger partial charge in [0, 0.05) is 11.7 Å². The number of esters is 1. The van der Waals surface area contributed by atoms with E-state index in [1.54, 1.807) is 6.92 Å². The monoisotopic (exact) mass is 384 g/mol. The van der Waals surface area contributed by atoms with Crippen molar-refractivity contribution in [2.45, 2.75) is 44.9 Å². The summed E-state index contributed by atoms with van der Waals surface area (Å²) in [6.45, 7) is 5.21. The third-order valence-corrected chi connectivity index (χ3v) is 4.74. The van der Waals surface area contributed by atoms with E-state index in [0.29, 0.717) is 5.69 Å². The minimum absolute atomic E-state index is 0.0353. The lowest BCUT2D eigenvalue weighted by molar-refractivity contribution is -0.147. The zero-order valence-corrected chi connectivity index (χ0v) is 16.0. The molecule has 0 unspecified atom stereocenters. The van der Waals surface area contributed by atoms with Gasteiger partial charge in [0.05, 0.1) is 5.75 Å². The molecular weight excluding hydrogens is 359 g/mol. The summed E-state index contributed by atoms with van der Waals surface area (Å²) in [5.74, 6) is -1.55. The van der Waals surface area contributed by atoms with Gasteiger partial charge in [0.15, 0.2) is 6.61 Å². The molecule has 0 aliphatic rings. The first-order chi connectivity index (χ1) is 12.3. The summed E-state index contributed by atoms with van der Waals surface area (Å²) in [6, 6.07) is 5.47. The van der Waals surface area contributed by atoms with Crippen LogP contribution in [0.2, 0.25) is 0 Å². The summed E-state index contributed by atoms with van der Waals surface area (Å²) in [5.41, 5.74) is 0.477. The first kappa shape index (κ1) is 22.0. The summed E-state index contributed by atoms with van der Waals surface area (Å²) in [7, 11) is 0. The Hall–Kier alpha value is -2.09. The van der Waals surface area contributed by atoms with Crippen LogP contribution in [0.5, 0.6) is 0 Å². The van der Waals surface area contributed by atoms with E-state index in [1.807, 2.05) is 13.8 Å². The molecule has 0 spiro atoms. The van der Waals surface area contributed by atoms with Crippen LogP contribution in [-0.4, -0.2) is 41.4 Å². The van der Waals surface area contributed by atoms with Gasteiger partial charge in [0.25, 0.3) is 5.91 Å². The number of nitrogens with one attached hydrogen (secondary N) is 2. The van der Waals surface area contributed by atoms with Gasteiger partial charge in [-0.1, -0.05) is 13.8 Å². The highest BCUT2D eigenvalue weighted by Gasteiger charge is 2.18. The Labute approximate surface area is 157 Å². The van der Waals surface area contributed by atoms with Crippen LogP contribution in [-0.2, 0) is 19.1 Å². The molecule has 0 aromatic heterocycles. The molecule has 0 bridgehead atoms. The molecule has 0 aliphatic heterocycles. The minimum atomic E-state index is -0.588. The van der Waals surface area contributed by atoms with Gasteiger partial charge in [-0.25, -0.2) is 4.39 Å². The van der Waals surface area contributed by atoms with Gasteiger partial charge < -0.3 is 15.4 Å². The maximum absolute atomic E-state index is 12.8. The molecule has 0 fully saturated rings. The molecule has 144 valence electrons. The number of halogens is 1. The van der Waals surface area contributed by atoms with E-state index in [2.05, 4.69) is 10.6 Å². The van der Waals surface area contributed by atoms with Crippen molar-refractivity contribution < 1.29 is 23.5 Å². The smallest absolute Gasteiger partial charge is 0.319 e. The van der Waals surface area contributed by atoms with Crippen LogP contribution >= 0.6 is 11.8 Å². The molecule has 0 radical (unpaired) electrons. The topological polar surface area (TPSA) is 84.5 Å². The van der Waals surface area contributed by atoms with Crippen LogP contribution in [0.1, 0.15) is 33.6 Å². The van der Waals surface area contributed by atoms with Crippen LogP contribution in [0.3, 0.4) is 0 Å². The Kier molecular flexibility index (Phi) is 9.72. The number of ether oxygens (including phenoxy) is 1. The minimum Gasteiger partial charge on any atom is -0.455 e. The summed E-state index contributed by atoms with van der Waals surface area (Å²) < 4.78 is 17.8. The normalized spacial score (nSPS) is 11.7. The lowest BCUT2D eigenvalue weighted by atomic mass is 10.2. The second-order valence-corrected chi connectivity index (χ2v) is 7.03. The molecule has 8 heteroatoms. The lowest BCUT2D eigenvalue weighted by Gasteiger charge is -2.15. The van der Waals surface area contributed by atoms with Gasteiger partial charge in [-0.15, -0.1) is 11.8 Å². The lowest BCUT2D eigenvalue weighted by Crippen LogP contribution is -2.37. The van der Waals surface area contributed by atoms with Gasteiger partial charge in [0.2, 0.25) is 5.91 Å². The van der Waals surface area contributed by atoms with E-state index in [-0.39, 0.29) is 36.0 Å². The molecule has 2 amide bonds. The Morgan fingerprint density at radius 2 is 1.73 bits per heavy atom. The third-order valence-electron chi connectivity index (χ3n) is 3.62. The standard InChI is InChI=1S/C18H25FN2O4S/c1-4-14(5-2)20-16(22)10-25-18(24)12(3)26-11-17(23)21-15-8-6-13(19)7-9-15/h6-9,12,14H,4-5,10-11H2,1-3H3,(H,20,22)(H,21,23)/t12-/m1/s1. The molecule has 6 nitrogen and oxygen atoms in total. The van der Waals surface area contributed by atoms with E-state index >= 15 is 0 Å². The van der Waals surface area contributed by atoms with Crippen molar-refractivity contribution in [1.29, 1.82) is 0 Å². The van der Waals surface area contributed by atoms with Gasteiger partial charge in [-0.05, 0) is 44.0 Å². The molecule has 1 aromatic carbocycles. The Morgan fingerprint density at radius 1 is 1.12 bits per heavy atom. The number of benzene rings is 1. The second-order valence-electron chi connectivity index (χ2n) is 5.70. The predicted octanol–water partition coefficient (Wildman–Crippen LogP) is 2.73. The first-order valence-corrected chi connectivity index (χ1v) is 9.53. The fraction of sp³-hybridized carbons (Fsp3) is 0.500. The highest BCUT2D eigenvalue weighted by molar-refractivity contribution is 8.01. The molecule has 2 N–H and O–H groups in total. The van der Waals surface area contributed by atoms with Gasteiger partial charge in [0.1, 0.15) is 11.1 Å². The van der Waals surface area contributed by atoms with Crippen LogP contribution < -0.4 is 10.6 Å². The molecular formula is C18H25FN2O4S. The van der Waals surface area contributed by atoms with E-state index in [1.165, 1.54) is 24.3 Å². The fourth-order valence-electron chi connectivity index (χ4n) is 2.02. The second kappa shape index (κ2) is 11.5. The van der Waals surface area contributed by atoms with E-state index in [9.17, 15) is 18.8 Å². The summed E-state index contributed by atoms with van der Waals surface area (Å²) in [4.78, 5) is 35.4. The first-order valence-electron chi connectivity index (χ1n) is 8.48. The molecule has 0 saturated carbocycles. The van der Waals surface area contributed by atoms with Crippen molar-refractivity contribution in [3.63, 3.8) is 0 Å². The number of anilines is 1. The van der Waals surface area contributed by atoms with Crippen LogP contribution in [0.15, 0.2) is 24.3 Å². The van der Waals surface area contributed by atoms with E-state index in [0.717, 1.165) is 24.6 Å². The third kappa shape index (κ3) is 8.33. The van der Waals surface area contributed by atoms with E-state index < -0.39 is 11.2 Å². The highest BCUT2D eigenvalue weighted by atomic mass is 32.2. The Bertz CT molecular complexity index is 606. The van der Waals surface area contributed by atoms with Crippen LogP contribution in [0.4, 0.5) is 10.1 Å². The van der Waals surface area contributed by atoms with Crippen molar-refractivity contribution in [2.75, 3.05) is 17.7 Å². The predicted molar refractivity (Wildman–Crippen MR) is 100 cm³/mol. The molecule has 0 aliphatic carbocycles. The molecule has 1 atom stereocenters. The maximum atomic E-state index is 12.8. The number of hydrogen-bond donors (Lipinski definition) is 2. The molecule has 0 saturated heterocycles. The average molecular weight is 384 g/mol. The summed E-state index contributed by atoms with van der Waals surface area (Å²) in [6.07, 6.45) is 1.62. The number of carbonyl (C=O) groups is 3. The molecule has 0 heterocycles. The molecule has 1 rings (SSSR count). The number of rotatable bonds is 10. The van der Waals surface area contributed by atoms with Gasteiger partial charge in [-0.2, -0.15) is 0 Å². The van der Waals surface area contributed by atoms with Crippen molar-refractivity contribution in [3.8, 4) is 0 Å². The largest absolute Gasteiger partial charge is 0.455 e. The zero-order valence-electron chi connectivity index (χ0n) is 15.2. The van der Waals surface area contributed by atoms with Crippen molar-refractivity contribution >= 4 is 35.2 Å². The van der Waals surface area contributed by atoms with E-state index in [4.69, 9.17) is 4.74 Å². The molecule has 1 aromatic rings. The van der Waals surface area contributed by atoms with Crippen molar-refractivity contribution in [3.05, 3.63) is 30.1 Å². The van der Waals surface area contributed by atoms with Gasteiger partial charge in [-0.3, -0.25) is 14.4 Å². The number of carbonyl (C=O) groups excluding carboxylic acids is 3. The van der Waals surface area contributed by atoms with Crippen LogP contribution in [0.25, 0.3) is 0 Å². The quantitative estimate of drug-likeness (QED) is 0.606. The van der Waals surface area contributed by atoms with Crippen molar-refractivity contribution in [2.24, 2.45) is 0 Å². The van der Waals surface area contributed by atoms with Crippen molar-refractivity contribution in [1.82, 2.24) is 5.32 Å². The highest BCUT2D eigenvalue weighted by Crippen LogP contribution is 2.14. The number of thioether (sulfide) groups is 1. The number of hydrogen-bond acceptors (Lipinski definition) is 5. The maximum Gasteiger partial charge on any atom is 0.319 e. The zero-order chi connectivity index (χ0) is 19.5. The summed E-state index contributed by atoms with van der Waals surface area (Å²) >= 11 is 1.10. The Balaban J connectivity index is 2.29.